The van der Waals surface area contributed by atoms with Crippen LogP contribution in [0.2, 0.25) is 0 Å². The van der Waals surface area contributed by atoms with Gasteiger partial charge in [-0.05, 0) is 37.0 Å². The van der Waals surface area contributed by atoms with Gasteiger partial charge < -0.3 is 10.2 Å². The molecule has 28 heavy (non-hydrogen) atoms. The van der Waals surface area contributed by atoms with Crippen LogP contribution in [-0.4, -0.2) is 44.8 Å². The zero-order valence-corrected chi connectivity index (χ0v) is 17.1. The predicted octanol–water partition coefficient (Wildman–Crippen LogP) is 2.27. The molecule has 2 rings (SSSR count). The summed E-state index contributed by atoms with van der Waals surface area (Å²) < 4.78 is 26.2. The normalized spacial score (nSPS) is 17.2. The number of piperidine rings is 1. The number of amides is 2. The number of likely N-dealkylation sites (tertiary alicyclic amines) is 1. The molecule has 0 radical (unpaired) electrons. The van der Waals surface area contributed by atoms with E-state index in [2.05, 4.69) is 16.6 Å². The van der Waals surface area contributed by atoms with E-state index in [1.54, 1.807) is 29.2 Å². The van der Waals surface area contributed by atoms with Crippen molar-refractivity contribution in [2.24, 2.45) is 5.92 Å². The highest BCUT2D eigenvalue weighted by atomic mass is 32.2. The van der Waals surface area contributed by atoms with Crippen molar-refractivity contribution >= 4 is 27.5 Å². The molecule has 7 nitrogen and oxygen atoms in total. The minimum atomic E-state index is -3.41. The fourth-order valence-electron chi connectivity index (χ4n) is 3.17. The molecule has 8 heteroatoms. The molecule has 1 atom stereocenters. The first kappa shape index (κ1) is 22.1. The SMILES string of the molecule is C=CCNS(=O)(=O)Cc1ccc(NC(=O)C2CCCN(C(=O)CCC)C2)cc1. The number of carbonyl (C=O) groups excluding carboxylic acids is 2. The van der Waals surface area contributed by atoms with E-state index in [1.165, 1.54) is 6.08 Å². The van der Waals surface area contributed by atoms with Gasteiger partial charge in [0.25, 0.3) is 0 Å². The smallest absolute Gasteiger partial charge is 0.229 e. The molecule has 0 spiro atoms. The fourth-order valence-corrected chi connectivity index (χ4v) is 4.28. The Morgan fingerprint density at radius 2 is 2.00 bits per heavy atom. The van der Waals surface area contributed by atoms with Gasteiger partial charge in [-0.2, -0.15) is 0 Å². The van der Waals surface area contributed by atoms with Crippen molar-refractivity contribution in [2.45, 2.75) is 38.4 Å². The zero-order chi connectivity index (χ0) is 20.6. The van der Waals surface area contributed by atoms with Crippen molar-refractivity contribution in [3.8, 4) is 0 Å². The minimum absolute atomic E-state index is 0.107. The second kappa shape index (κ2) is 10.4. The van der Waals surface area contributed by atoms with E-state index in [1.807, 2.05) is 6.92 Å². The van der Waals surface area contributed by atoms with Gasteiger partial charge in [0, 0.05) is 31.7 Å². The number of nitrogens with zero attached hydrogens (tertiary/aromatic N) is 1. The van der Waals surface area contributed by atoms with Crippen LogP contribution in [0.5, 0.6) is 0 Å². The Balaban J connectivity index is 1.91. The number of anilines is 1. The van der Waals surface area contributed by atoms with Gasteiger partial charge >= 0.3 is 0 Å². The molecule has 1 heterocycles. The van der Waals surface area contributed by atoms with Gasteiger partial charge in [-0.15, -0.1) is 6.58 Å². The van der Waals surface area contributed by atoms with Crippen molar-refractivity contribution in [1.29, 1.82) is 0 Å². The Kier molecular flexibility index (Phi) is 8.19. The molecule has 1 aliphatic rings. The molecule has 154 valence electrons. The number of benzene rings is 1. The van der Waals surface area contributed by atoms with Crippen molar-refractivity contribution < 1.29 is 18.0 Å². The fraction of sp³-hybridized carbons (Fsp3) is 0.500. The zero-order valence-electron chi connectivity index (χ0n) is 16.3. The summed E-state index contributed by atoms with van der Waals surface area (Å²) in [7, 11) is -3.41. The monoisotopic (exact) mass is 407 g/mol. The van der Waals surface area contributed by atoms with E-state index in [4.69, 9.17) is 0 Å². The van der Waals surface area contributed by atoms with Gasteiger partial charge in [0.1, 0.15) is 0 Å². The third kappa shape index (κ3) is 6.76. The van der Waals surface area contributed by atoms with E-state index in [9.17, 15) is 18.0 Å². The molecule has 1 aromatic rings. The predicted molar refractivity (Wildman–Crippen MR) is 110 cm³/mol. The molecule has 1 aromatic carbocycles. The summed E-state index contributed by atoms with van der Waals surface area (Å²) in [6, 6.07) is 6.75. The van der Waals surface area contributed by atoms with Gasteiger partial charge in [-0.25, -0.2) is 13.1 Å². The van der Waals surface area contributed by atoms with E-state index < -0.39 is 10.0 Å². The Hall–Kier alpha value is -2.19. The summed E-state index contributed by atoms with van der Waals surface area (Å²) in [4.78, 5) is 26.4. The molecule has 2 amide bonds. The van der Waals surface area contributed by atoms with Crippen LogP contribution in [0.1, 0.15) is 38.2 Å². The van der Waals surface area contributed by atoms with E-state index in [-0.39, 0.29) is 30.0 Å². The third-order valence-corrected chi connectivity index (χ3v) is 5.95. The first-order valence-corrected chi connectivity index (χ1v) is 11.3. The van der Waals surface area contributed by atoms with E-state index >= 15 is 0 Å². The lowest BCUT2D eigenvalue weighted by Gasteiger charge is -2.32. The highest BCUT2D eigenvalue weighted by Crippen LogP contribution is 2.20. The maximum Gasteiger partial charge on any atom is 0.229 e. The van der Waals surface area contributed by atoms with E-state index in [0.717, 1.165) is 19.3 Å². The maximum absolute atomic E-state index is 12.6. The number of rotatable bonds is 9. The number of sulfonamides is 1. The van der Waals surface area contributed by atoms with E-state index in [0.29, 0.717) is 30.8 Å². The minimum Gasteiger partial charge on any atom is -0.342 e. The molecule has 1 unspecified atom stereocenters. The average molecular weight is 408 g/mol. The van der Waals surface area contributed by atoms with Gasteiger partial charge in [-0.1, -0.05) is 25.1 Å². The van der Waals surface area contributed by atoms with Crippen molar-refractivity contribution in [3.63, 3.8) is 0 Å². The molecule has 0 bridgehead atoms. The van der Waals surface area contributed by atoms with Crippen LogP contribution >= 0.6 is 0 Å². The summed E-state index contributed by atoms with van der Waals surface area (Å²) in [6.07, 6.45) is 4.38. The maximum atomic E-state index is 12.6. The molecular weight excluding hydrogens is 378 g/mol. The molecule has 1 fully saturated rings. The molecular formula is C20H29N3O4S. The number of nitrogens with one attached hydrogen (secondary N) is 2. The summed E-state index contributed by atoms with van der Waals surface area (Å²) >= 11 is 0. The molecule has 0 saturated carbocycles. The Labute approximate surface area is 167 Å². The van der Waals surface area contributed by atoms with Crippen LogP contribution in [0.3, 0.4) is 0 Å². The Morgan fingerprint density at radius 1 is 1.29 bits per heavy atom. The van der Waals surface area contributed by atoms with Gasteiger partial charge in [0.2, 0.25) is 21.8 Å². The topological polar surface area (TPSA) is 95.6 Å². The quantitative estimate of drug-likeness (QED) is 0.614. The van der Waals surface area contributed by atoms with Crippen LogP contribution in [0.25, 0.3) is 0 Å². The second-order valence-corrected chi connectivity index (χ2v) is 8.82. The number of hydrogen-bond donors (Lipinski definition) is 2. The largest absolute Gasteiger partial charge is 0.342 e. The lowest BCUT2D eigenvalue weighted by atomic mass is 9.96. The van der Waals surface area contributed by atoms with Crippen LogP contribution in [0, 0.1) is 5.92 Å². The molecule has 1 saturated heterocycles. The van der Waals surface area contributed by atoms with Gasteiger partial charge in [0.05, 0.1) is 11.7 Å². The van der Waals surface area contributed by atoms with Crippen molar-refractivity contribution in [2.75, 3.05) is 25.0 Å². The molecule has 0 aliphatic carbocycles. The van der Waals surface area contributed by atoms with Crippen LogP contribution < -0.4 is 10.0 Å². The highest BCUT2D eigenvalue weighted by molar-refractivity contribution is 7.88. The number of hydrogen-bond acceptors (Lipinski definition) is 4. The second-order valence-electron chi connectivity index (χ2n) is 7.01. The first-order chi connectivity index (χ1) is 13.3. The van der Waals surface area contributed by atoms with Crippen molar-refractivity contribution in [1.82, 2.24) is 9.62 Å². The lowest BCUT2D eigenvalue weighted by molar-refractivity contribution is -0.134. The first-order valence-electron chi connectivity index (χ1n) is 9.60. The Bertz CT molecular complexity index is 790. The van der Waals surface area contributed by atoms with Gasteiger partial charge in [-0.3, -0.25) is 9.59 Å². The summed E-state index contributed by atoms with van der Waals surface area (Å²) in [5.74, 6) is -0.359. The van der Waals surface area contributed by atoms with Crippen LogP contribution in [0.15, 0.2) is 36.9 Å². The van der Waals surface area contributed by atoms with Crippen molar-refractivity contribution in [3.05, 3.63) is 42.5 Å². The summed E-state index contributed by atoms with van der Waals surface area (Å²) in [5, 5.41) is 2.87. The van der Waals surface area contributed by atoms with Gasteiger partial charge in [0.15, 0.2) is 0 Å². The molecule has 1 aliphatic heterocycles. The molecule has 2 N–H and O–H groups in total. The van der Waals surface area contributed by atoms with Crippen LogP contribution in [-0.2, 0) is 25.4 Å². The van der Waals surface area contributed by atoms with Crippen LogP contribution in [0.4, 0.5) is 5.69 Å². The summed E-state index contributed by atoms with van der Waals surface area (Å²) in [6.45, 7) is 6.81. The highest BCUT2D eigenvalue weighted by Gasteiger charge is 2.28. The average Bonchev–Trinajstić information content (AvgIpc) is 2.68. The summed E-state index contributed by atoms with van der Waals surface area (Å²) in [5.41, 5.74) is 1.24. The Morgan fingerprint density at radius 3 is 2.64 bits per heavy atom. The number of carbonyl (C=O) groups is 2. The third-order valence-electron chi connectivity index (χ3n) is 4.63. The standard InChI is InChI=1S/C20H29N3O4S/c1-3-6-19(24)23-13-5-7-17(14-23)20(25)22-18-10-8-16(9-11-18)15-28(26,27)21-12-4-2/h4,8-11,17,21H,2-3,5-7,12-15H2,1H3,(H,22,25). The molecule has 0 aromatic heterocycles. The lowest BCUT2D eigenvalue weighted by Crippen LogP contribution is -2.43.